The average Bonchev–Trinajstić information content (AvgIpc) is 2.81. The number of ether oxygens (including phenoxy) is 1. The summed E-state index contributed by atoms with van der Waals surface area (Å²) in [5, 5.41) is 11.2. The van der Waals surface area contributed by atoms with E-state index in [1.54, 1.807) is 18.2 Å². The first-order valence-corrected chi connectivity index (χ1v) is 12.0. The second kappa shape index (κ2) is 9.69. The Kier molecular flexibility index (Phi) is 6.91. The van der Waals surface area contributed by atoms with Gasteiger partial charge >= 0.3 is 0 Å². The first-order chi connectivity index (χ1) is 15.8. The average molecular weight is 469 g/mol. The molecule has 0 radical (unpaired) electrons. The van der Waals surface area contributed by atoms with E-state index in [9.17, 15) is 14.3 Å². The Bertz CT molecular complexity index is 1120. The molecular weight excluding hydrogens is 439 g/mol. The SMILES string of the molecule is CCC(C)(C)c1cc(-c2cc(F)cc(/C=C3\SC(N4CCOCC4)=NCC3=O)c2)ccc1O. The number of carbonyl (C=O) groups excluding carboxylic acids is 1. The summed E-state index contributed by atoms with van der Waals surface area (Å²) in [5.41, 5.74) is 2.76. The van der Waals surface area contributed by atoms with Crippen molar-refractivity contribution in [2.45, 2.75) is 32.6 Å². The summed E-state index contributed by atoms with van der Waals surface area (Å²) in [6, 6.07) is 10.2. The highest BCUT2D eigenvalue weighted by atomic mass is 32.2. The van der Waals surface area contributed by atoms with Crippen LogP contribution in [0.5, 0.6) is 5.75 Å². The molecule has 0 bridgehead atoms. The molecule has 33 heavy (non-hydrogen) atoms. The lowest BCUT2D eigenvalue weighted by molar-refractivity contribution is -0.113. The van der Waals surface area contributed by atoms with Crippen molar-refractivity contribution in [3.05, 3.63) is 58.2 Å². The predicted molar refractivity (Wildman–Crippen MR) is 132 cm³/mol. The molecule has 2 aliphatic heterocycles. The number of rotatable bonds is 4. The van der Waals surface area contributed by atoms with Gasteiger partial charge in [-0.25, -0.2) is 4.39 Å². The van der Waals surface area contributed by atoms with Crippen molar-refractivity contribution in [1.82, 2.24) is 4.90 Å². The second-order valence-corrected chi connectivity index (χ2v) is 9.98. The van der Waals surface area contributed by atoms with Crippen LogP contribution in [0.25, 0.3) is 17.2 Å². The number of carbonyl (C=O) groups is 1. The Hall–Kier alpha value is -2.64. The Morgan fingerprint density at radius 3 is 2.67 bits per heavy atom. The van der Waals surface area contributed by atoms with Gasteiger partial charge < -0.3 is 14.7 Å². The molecule has 2 heterocycles. The van der Waals surface area contributed by atoms with E-state index >= 15 is 0 Å². The molecule has 4 rings (SSSR count). The number of phenols is 1. The van der Waals surface area contributed by atoms with Crippen LogP contribution in [0.2, 0.25) is 0 Å². The highest BCUT2D eigenvalue weighted by Gasteiger charge is 2.25. The van der Waals surface area contributed by atoms with E-state index in [0.717, 1.165) is 35.8 Å². The molecule has 174 valence electrons. The number of benzene rings is 2. The number of nitrogens with zero attached hydrogens (tertiary/aromatic N) is 2. The zero-order chi connectivity index (χ0) is 23.6. The number of amidine groups is 1. The van der Waals surface area contributed by atoms with Crippen LogP contribution in [-0.4, -0.2) is 53.8 Å². The fourth-order valence-corrected chi connectivity index (χ4v) is 4.91. The minimum absolute atomic E-state index is 0.0700. The third-order valence-corrected chi connectivity index (χ3v) is 7.41. The third kappa shape index (κ3) is 5.31. The van der Waals surface area contributed by atoms with Gasteiger partial charge in [0.1, 0.15) is 18.1 Å². The Labute approximate surface area is 198 Å². The maximum atomic E-state index is 14.6. The van der Waals surface area contributed by atoms with Gasteiger partial charge in [-0.1, -0.05) is 26.8 Å². The van der Waals surface area contributed by atoms with E-state index in [-0.39, 0.29) is 29.3 Å². The molecule has 0 unspecified atom stereocenters. The van der Waals surface area contributed by atoms with Crippen molar-refractivity contribution in [3.8, 4) is 16.9 Å². The van der Waals surface area contributed by atoms with E-state index < -0.39 is 0 Å². The molecule has 0 aliphatic carbocycles. The van der Waals surface area contributed by atoms with Gasteiger partial charge in [0.2, 0.25) is 0 Å². The summed E-state index contributed by atoms with van der Waals surface area (Å²) in [6.07, 6.45) is 2.60. The Morgan fingerprint density at radius 1 is 1.18 bits per heavy atom. The molecule has 2 aliphatic rings. The molecule has 5 nitrogen and oxygen atoms in total. The molecule has 7 heteroatoms. The fourth-order valence-electron chi connectivity index (χ4n) is 3.90. The van der Waals surface area contributed by atoms with Gasteiger partial charge in [-0.15, -0.1) is 0 Å². The molecule has 2 aromatic carbocycles. The quantitative estimate of drug-likeness (QED) is 0.623. The number of hydrogen-bond donors (Lipinski definition) is 1. The minimum Gasteiger partial charge on any atom is -0.508 e. The monoisotopic (exact) mass is 468 g/mol. The lowest BCUT2D eigenvalue weighted by Crippen LogP contribution is -2.40. The minimum atomic E-state index is -0.376. The molecule has 0 saturated carbocycles. The molecule has 2 aromatic rings. The van der Waals surface area contributed by atoms with Gasteiger partial charge in [-0.05, 0) is 76.7 Å². The number of aromatic hydroxyl groups is 1. The van der Waals surface area contributed by atoms with Gasteiger partial charge in [-0.3, -0.25) is 9.79 Å². The number of aliphatic imine (C=N–C) groups is 1. The molecular formula is C26H29FN2O3S. The molecule has 1 N–H and O–H groups in total. The van der Waals surface area contributed by atoms with Crippen LogP contribution >= 0.6 is 11.8 Å². The molecule has 0 aromatic heterocycles. The lowest BCUT2D eigenvalue weighted by Gasteiger charge is -2.30. The fraction of sp³-hybridized carbons (Fsp3) is 0.385. The van der Waals surface area contributed by atoms with Crippen molar-refractivity contribution in [2.75, 3.05) is 32.8 Å². The molecule has 1 fully saturated rings. The van der Waals surface area contributed by atoms with Gasteiger partial charge in [0.25, 0.3) is 0 Å². The molecule has 1 saturated heterocycles. The predicted octanol–water partition coefficient (Wildman–Crippen LogP) is 5.23. The number of Topliss-reactive ketones (excluding diaryl/α,β-unsaturated/α-hetero) is 1. The lowest BCUT2D eigenvalue weighted by atomic mass is 9.80. The second-order valence-electron chi connectivity index (χ2n) is 8.97. The number of phenolic OH excluding ortho intramolecular Hbond substituents is 1. The topological polar surface area (TPSA) is 62.1 Å². The third-order valence-electron chi connectivity index (χ3n) is 6.28. The van der Waals surface area contributed by atoms with Crippen LogP contribution in [0.4, 0.5) is 4.39 Å². The molecule has 0 atom stereocenters. The van der Waals surface area contributed by atoms with Gasteiger partial charge in [-0.2, -0.15) is 0 Å². The summed E-state index contributed by atoms with van der Waals surface area (Å²) < 4.78 is 20.0. The first-order valence-electron chi connectivity index (χ1n) is 11.2. The highest BCUT2D eigenvalue weighted by molar-refractivity contribution is 8.18. The molecule has 0 spiro atoms. The smallest absolute Gasteiger partial charge is 0.191 e. The summed E-state index contributed by atoms with van der Waals surface area (Å²) in [6.45, 7) is 9.10. The maximum absolute atomic E-state index is 14.6. The van der Waals surface area contributed by atoms with Crippen LogP contribution in [0.3, 0.4) is 0 Å². The Morgan fingerprint density at radius 2 is 1.94 bits per heavy atom. The zero-order valence-electron chi connectivity index (χ0n) is 19.2. The van der Waals surface area contributed by atoms with Crippen LogP contribution in [0.1, 0.15) is 38.3 Å². The summed E-state index contributed by atoms with van der Waals surface area (Å²) >= 11 is 1.34. The van der Waals surface area contributed by atoms with E-state index in [1.807, 2.05) is 12.1 Å². The number of hydrogen-bond acceptors (Lipinski definition) is 6. The number of morpholine rings is 1. The summed E-state index contributed by atoms with van der Waals surface area (Å²) in [4.78, 5) is 19.6. The van der Waals surface area contributed by atoms with Crippen molar-refractivity contribution in [2.24, 2.45) is 4.99 Å². The van der Waals surface area contributed by atoms with Gasteiger partial charge in [0.15, 0.2) is 11.0 Å². The molecule has 0 amide bonds. The van der Waals surface area contributed by atoms with Crippen molar-refractivity contribution < 1.29 is 19.0 Å². The van der Waals surface area contributed by atoms with E-state index in [4.69, 9.17) is 4.74 Å². The van der Waals surface area contributed by atoms with Crippen LogP contribution in [0.15, 0.2) is 46.3 Å². The van der Waals surface area contributed by atoms with Crippen molar-refractivity contribution in [3.63, 3.8) is 0 Å². The largest absolute Gasteiger partial charge is 0.508 e. The van der Waals surface area contributed by atoms with Crippen molar-refractivity contribution in [1.29, 1.82) is 0 Å². The first kappa shape index (κ1) is 23.5. The number of ketones is 1. The standard InChI is InChI=1S/C26H29FN2O3S/c1-4-26(2,3)21-15-18(5-6-22(21)30)19-11-17(12-20(27)14-19)13-24-23(31)16-28-25(33-24)29-7-9-32-10-8-29/h5-6,11-15,30H,4,7-10,16H2,1-3H3/b24-13-. The maximum Gasteiger partial charge on any atom is 0.191 e. The van der Waals surface area contributed by atoms with E-state index in [1.165, 1.54) is 23.9 Å². The zero-order valence-corrected chi connectivity index (χ0v) is 20.0. The number of halogens is 1. The highest BCUT2D eigenvalue weighted by Crippen LogP contribution is 2.37. The van der Waals surface area contributed by atoms with Crippen molar-refractivity contribution >= 4 is 28.8 Å². The van der Waals surface area contributed by atoms with E-state index in [0.29, 0.717) is 29.2 Å². The van der Waals surface area contributed by atoms with Crippen LogP contribution in [0, 0.1) is 5.82 Å². The van der Waals surface area contributed by atoms with E-state index in [2.05, 4.69) is 30.7 Å². The van der Waals surface area contributed by atoms with Crippen LogP contribution in [-0.2, 0) is 14.9 Å². The Balaban J connectivity index is 1.65. The normalized spacial score (nSPS) is 18.5. The summed E-state index contributed by atoms with van der Waals surface area (Å²) in [7, 11) is 0. The number of thioether (sulfide) groups is 1. The van der Waals surface area contributed by atoms with Crippen LogP contribution < -0.4 is 0 Å². The van der Waals surface area contributed by atoms with Gasteiger partial charge in [0.05, 0.1) is 18.1 Å². The van der Waals surface area contributed by atoms with Gasteiger partial charge in [0, 0.05) is 18.7 Å². The summed E-state index contributed by atoms with van der Waals surface area (Å²) in [5.74, 6) is -0.207.